The van der Waals surface area contributed by atoms with Gasteiger partial charge in [0.15, 0.2) is 0 Å². The van der Waals surface area contributed by atoms with E-state index in [0.29, 0.717) is 11.6 Å². The number of aromatic nitrogens is 1. The molecule has 0 aliphatic heterocycles. The van der Waals surface area contributed by atoms with E-state index in [0.717, 1.165) is 4.31 Å². The highest BCUT2D eigenvalue weighted by atomic mass is 32.2. The summed E-state index contributed by atoms with van der Waals surface area (Å²) >= 11 is 0. The van der Waals surface area contributed by atoms with Crippen LogP contribution < -0.4 is 5.32 Å². The fraction of sp³-hybridized carbons (Fsp3) is 0.250. The Labute approximate surface area is 116 Å². The normalized spacial score (nSPS) is 11.8. The molecule has 0 atom stereocenters. The molecule has 20 heavy (non-hydrogen) atoms. The van der Waals surface area contributed by atoms with Gasteiger partial charge in [-0.05, 0) is 24.3 Å². The Morgan fingerprint density at radius 2 is 2.05 bits per heavy atom. The minimum atomic E-state index is -3.58. The van der Waals surface area contributed by atoms with Crippen LogP contribution in [-0.2, 0) is 16.6 Å². The van der Waals surface area contributed by atoms with Crippen molar-refractivity contribution < 1.29 is 17.2 Å². The molecule has 0 amide bonds. The lowest BCUT2D eigenvalue weighted by Gasteiger charge is -2.08. The maximum Gasteiger partial charge on any atom is 0.275 e. The van der Waals surface area contributed by atoms with Crippen molar-refractivity contribution in [3.8, 4) is 0 Å². The predicted octanol–water partition coefficient (Wildman–Crippen LogP) is 1.68. The first-order valence-corrected chi connectivity index (χ1v) is 7.21. The summed E-state index contributed by atoms with van der Waals surface area (Å²) in [6.45, 7) is 0.208. The van der Waals surface area contributed by atoms with Crippen molar-refractivity contribution >= 4 is 15.8 Å². The molecule has 0 aliphatic carbocycles. The van der Waals surface area contributed by atoms with Gasteiger partial charge in [0.25, 0.3) is 10.0 Å². The molecule has 0 aliphatic rings. The second kappa shape index (κ2) is 5.59. The number of furan rings is 1. The molecule has 2 aromatic rings. The molecule has 0 bridgehead atoms. The Bertz CT molecular complexity index is 697. The zero-order valence-electron chi connectivity index (χ0n) is 11.0. The van der Waals surface area contributed by atoms with Gasteiger partial charge in [-0.25, -0.2) is 17.7 Å². The minimum Gasteiger partial charge on any atom is -0.446 e. The Hall–Kier alpha value is -1.93. The second-order valence-electron chi connectivity index (χ2n) is 4.21. The standard InChI is InChI=1S/C12H14FN3O3S/c1-16(2)20(17,18)12-7-6-9(19-12)8-14-11-5-3-4-10(13)15-11/h3-7H,8H2,1-2H3,(H,14,15). The van der Waals surface area contributed by atoms with Crippen molar-refractivity contribution in [1.82, 2.24) is 9.29 Å². The summed E-state index contributed by atoms with van der Waals surface area (Å²) < 4.78 is 42.8. The highest BCUT2D eigenvalue weighted by Gasteiger charge is 2.21. The van der Waals surface area contributed by atoms with Gasteiger partial charge in [0.2, 0.25) is 11.0 Å². The van der Waals surface area contributed by atoms with Crippen molar-refractivity contribution in [3.63, 3.8) is 0 Å². The summed E-state index contributed by atoms with van der Waals surface area (Å²) in [5.41, 5.74) is 0. The molecular formula is C12H14FN3O3S. The number of nitrogens with zero attached hydrogens (tertiary/aromatic N) is 2. The van der Waals surface area contributed by atoms with Gasteiger partial charge in [0.05, 0.1) is 6.54 Å². The Morgan fingerprint density at radius 3 is 2.70 bits per heavy atom. The highest BCUT2D eigenvalue weighted by Crippen LogP contribution is 2.17. The quantitative estimate of drug-likeness (QED) is 0.850. The summed E-state index contributed by atoms with van der Waals surface area (Å²) in [5, 5.41) is 2.71. The van der Waals surface area contributed by atoms with Crippen molar-refractivity contribution in [2.75, 3.05) is 19.4 Å². The molecule has 0 radical (unpaired) electrons. The van der Waals surface area contributed by atoms with E-state index in [-0.39, 0.29) is 11.6 Å². The number of sulfonamides is 1. The molecular weight excluding hydrogens is 285 g/mol. The molecule has 8 heteroatoms. The largest absolute Gasteiger partial charge is 0.446 e. The Morgan fingerprint density at radius 1 is 1.30 bits per heavy atom. The molecule has 0 spiro atoms. The third kappa shape index (κ3) is 3.14. The number of hydrogen-bond acceptors (Lipinski definition) is 5. The highest BCUT2D eigenvalue weighted by molar-refractivity contribution is 7.88. The van der Waals surface area contributed by atoms with E-state index in [1.54, 1.807) is 12.1 Å². The number of pyridine rings is 1. The summed E-state index contributed by atoms with van der Waals surface area (Å²) in [7, 11) is -0.736. The summed E-state index contributed by atoms with van der Waals surface area (Å²) in [5.74, 6) is 0.167. The predicted molar refractivity (Wildman–Crippen MR) is 71.1 cm³/mol. The maximum atomic E-state index is 12.9. The van der Waals surface area contributed by atoms with E-state index in [2.05, 4.69) is 10.3 Å². The average Bonchev–Trinajstić information content (AvgIpc) is 2.85. The van der Waals surface area contributed by atoms with Crippen molar-refractivity contribution in [3.05, 3.63) is 42.0 Å². The second-order valence-corrected chi connectivity index (χ2v) is 6.29. The molecule has 2 aromatic heterocycles. The third-order valence-corrected chi connectivity index (χ3v) is 4.22. The van der Waals surface area contributed by atoms with Gasteiger partial charge < -0.3 is 9.73 Å². The van der Waals surface area contributed by atoms with E-state index in [9.17, 15) is 12.8 Å². The first kappa shape index (κ1) is 14.5. The van der Waals surface area contributed by atoms with Crippen LogP contribution >= 0.6 is 0 Å². The van der Waals surface area contributed by atoms with Crippen LogP contribution in [0.5, 0.6) is 0 Å². The molecule has 2 heterocycles. The van der Waals surface area contributed by atoms with Crippen LogP contribution in [0.1, 0.15) is 5.76 Å². The van der Waals surface area contributed by atoms with Gasteiger partial charge >= 0.3 is 0 Å². The lowest BCUT2D eigenvalue weighted by Crippen LogP contribution is -2.21. The molecule has 6 nitrogen and oxygen atoms in total. The lowest BCUT2D eigenvalue weighted by molar-refractivity contribution is 0.402. The summed E-state index contributed by atoms with van der Waals surface area (Å²) in [4.78, 5) is 3.63. The third-order valence-electron chi connectivity index (χ3n) is 2.53. The van der Waals surface area contributed by atoms with Crippen LogP contribution in [0.2, 0.25) is 0 Å². The van der Waals surface area contributed by atoms with Gasteiger partial charge in [0.1, 0.15) is 11.6 Å². The van der Waals surface area contributed by atoms with Crippen molar-refractivity contribution in [1.29, 1.82) is 0 Å². The zero-order chi connectivity index (χ0) is 14.8. The molecule has 108 valence electrons. The van der Waals surface area contributed by atoms with Gasteiger partial charge in [-0.3, -0.25) is 0 Å². The number of hydrogen-bond donors (Lipinski definition) is 1. The molecule has 0 unspecified atom stereocenters. The summed E-state index contributed by atoms with van der Waals surface area (Å²) in [6.07, 6.45) is 0. The maximum absolute atomic E-state index is 12.9. The van der Waals surface area contributed by atoms with Crippen molar-refractivity contribution in [2.24, 2.45) is 0 Å². The van der Waals surface area contributed by atoms with Crippen LogP contribution in [0, 0.1) is 5.95 Å². The fourth-order valence-electron chi connectivity index (χ4n) is 1.46. The van der Waals surface area contributed by atoms with Crippen LogP contribution in [0.15, 0.2) is 39.8 Å². The molecule has 0 fully saturated rings. The van der Waals surface area contributed by atoms with Gasteiger partial charge in [-0.15, -0.1) is 0 Å². The fourth-order valence-corrected chi connectivity index (χ4v) is 2.27. The van der Waals surface area contributed by atoms with Crippen LogP contribution in [0.3, 0.4) is 0 Å². The first-order valence-electron chi connectivity index (χ1n) is 5.77. The molecule has 0 aromatic carbocycles. The number of halogens is 1. The van der Waals surface area contributed by atoms with E-state index in [4.69, 9.17) is 4.42 Å². The first-order chi connectivity index (χ1) is 9.39. The minimum absolute atomic E-state index is 0.133. The number of nitrogens with one attached hydrogen (secondary N) is 1. The molecule has 1 N–H and O–H groups in total. The van der Waals surface area contributed by atoms with Gasteiger partial charge in [-0.2, -0.15) is 4.39 Å². The van der Waals surface area contributed by atoms with E-state index >= 15 is 0 Å². The van der Waals surface area contributed by atoms with Gasteiger partial charge in [0, 0.05) is 14.1 Å². The van der Waals surface area contributed by atoms with Gasteiger partial charge in [-0.1, -0.05) is 6.07 Å². The van der Waals surface area contributed by atoms with E-state index < -0.39 is 16.0 Å². The number of anilines is 1. The smallest absolute Gasteiger partial charge is 0.275 e. The lowest BCUT2D eigenvalue weighted by atomic mass is 10.4. The SMILES string of the molecule is CN(C)S(=O)(=O)c1ccc(CNc2cccc(F)n2)o1. The summed E-state index contributed by atoms with van der Waals surface area (Å²) in [6, 6.07) is 7.28. The monoisotopic (exact) mass is 299 g/mol. The van der Waals surface area contributed by atoms with E-state index in [1.807, 2.05) is 0 Å². The average molecular weight is 299 g/mol. The molecule has 2 rings (SSSR count). The topological polar surface area (TPSA) is 75.4 Å². The molecule has 0 saturated carbocycles. The zero-order valence-corrected chi connectivity index (χ0v) is 11.8. The molecule has 0 saturated heterocycles. The Kier molecular flexibility index (Phi) is 4.05. The van der Waals surface area contributed by atoms with E-state index in [1.165, 1.54) is 32.3 Å². The van der Waals surface area contributed by atoms with Crippen LogP contribution in [0.25, 0.3) is 0 Å². The Balaban J connectivity index is 2.07. The van der Waals surface area contributed by atoms with Crippen LogP contribution in [0.4, 0.5) is 10.2 Å². The van der Waals surface area contributed by atoms with Crippen molar-refractivity contribution in [2.45, 2.75) is 11.6 Å². The number of rotatable bonds is 5. The van der Waals surface area contributed by atoms with Crippen LogP contribution in [-0.4, -0.2) is 31.8 Å².